The average Bonchev–Trinajstić information content (AvgIpc) is 2.89. The van der Waals surface area contributed by atoms with Crippen LogP contribution in [0.5, 0.6) is 0 Å². The topological polar surface area (TPSA) is 28.2 Å². The fraction of sp³-hybridized carbons (Fsp3) is 0.214. The Morgan fingerprint density at radius 2 is 1.74 bits per heavy atom. The number of rotatable bonds is 1. The van der Waals surface area contributed by atoms with Gasteiger partial charge in [0, 0.05) is 18.3 Å². The molecule has 1 aliphatic rings. The van der Waals surface area contributed by atoms with E-state index in [4.69, 9.17) is 0 Å². The summed E-state index contributed by atoms with van der Waals surface area (Å²) in [6, 6.07) is 4.39. The van der Waals surface area contributed by atoms with E-state index in [0.717, 1.165) is 18.3 Å². The van der Waals surface area contributed by atoms with Crippen molar-refractivity contribution in [2.75, 3.05) is 5.01 Å². The van der Waals surface area contributed by atoms with Crippen molar-refractivity contribution >= 4 is 11.4 Å². The van der Waals surface area contributed by atoms with Gasteiger partial charge in [0.05, 0.1) is 28.7 Å². The van der Waals surface area contributed by atoms with Crippen molar-refractivity contribution in [1.29, 1.82) is 0 Å². The molecule has 2 heterocycles. The minimum absolute atomic E-state index is 0.0119. The van der Waals surface area contributed by atoms with Crippen LogP contribution in [0.3, 0.4) is 0 Å². The molecule has 1 N–H and O–H groups in total. The largest absolute Gasteiger partial charge is 0.417 e. The molecule has 0 atom stereocenters. The van der Waals surface area contributed by atoms with Gasteiger partial charge >= 0.3 is 12.4 Å². The highest BCUT2D eigenvalue weighted by Gasteiger charge is 2.37. The first kappa shape index (κ1) is 15.6. The number of nitrogens with one attached hydrogen (secondary N) is 1. The summed E-state index contributed by atoms with van der Waals surface area (Å²) in [4.78, 5) is 3.52. The van der Waals surface area contributed by atoms with Crippen molar-refractivity contribution in [3.63, 3.8) is 0 Å². The highest BCUT2D eigenvalue weighted by molar-refractivity contribution is 5.69. The lowest BCUT2D eigenvalue weighted by molar-refractivity contribution is -0.138. The maximum Gasteiger partial charge on any atom is 0.417 e. The van der Waals surface area contributed by atoms with Gasteiger partial charge in [-0.15, -0.1) is 0 Å². The predicted molar refractivity (Wildman–Crippen MR) is 69.7 cm³/mol. The van der Waals surface area contributed by atoms with Gasteiger partial charge in [-0.3, -0.25) is 9.99 Å². The van der Waals surface area contributed by atoms with E-state index < -0.39 is 23.5 Å². The van der Waals surface area contributed by atoms with E-state index in [1.54, 1.807) is 0 Å². The quantitative estimate of drug-likeness (QED) is 0.790. The van der Waals surface area contributed by atoms with E-state index in [9.17, 15) is 26.3 Å². The van der Waals surface area contributed by atoms with Gasteiger partial charge in [-0.2, -0.15) is 26.3 Å². The van der Waals surface area contributed by atoms with Gasteiger partial charge in [-0.05, 0) is 18.2 Å². The van der Waals surface area contributed by atoms with Crippen LogP contribution in [0.4, 0.5) is 37.7 Å². The molecule has 0 radical (unpaired) electrons. The zero-order chi connectivity index (χ0) is 16.8. The maximum atomic E-state index is 13.0. The zero-order valence-corrected chi connectivity index (χ0v) is 11.3. The number of aromatic nitrogens is 1. The first-order valence-corrected chi connectivity index (χ1v) is 6.43. The first-order valence-electron chi connectivity index (χ1n) is 6.43. The number of hydrogen-bond acceptors (Lipinski definition) is 3. The number of alkyl halides is 6. The standard InChI is InChI=1S/C14H9F6N3/c15-13(16,17)8-4-9(6-21-5-8)23-12-3-1-2-11(14(18,19)20)10(12)7-22-23/h1-6,22H,7H2. The molecule has 0 bridgehead atoms. The zero-order valence-electron chi connectivity index (χ0n) is 11.3. The van der Waals surface area contributed by atoms with Gasteiger partial charge in [-0.1, -0.05) is 6.07 Å². The van der Waals surface area contributed by atoms with Gasteiger partial charge in [0.2, 0.25) is 0 Å². The number of hydrogen-bond donors (Lipinski definition) is 1. The van der Waals surface area contributed by atoms with Crippen molar-refractivity contribution in [2.45, 2.75) is 18.9 Å². The Kier molecular flexibility index (Phi) is 3.47. The summed E-state index contributed by atoms with van der Waals surface area (Å²) in [7, 11) is 0. The maximum absolute atomic E-state index is 13.0. The molecule has 1 aromatic heterocycles. The lowest BCUT2D eigenvalue weighted by Gasteiger charge is -2.20. The average molecular weight is 333 g/mol. The van der Waals surface area contributed by atoms with Gasteiger partial charge in [0.15, 0.2) is 0 Å². The molecule has 0 amide bonds. The molecule has 23 heavy (non-hydrogen) atoms. The monoisotopic (exact) mass is 333 g/mol. The summed E-state index contributed by atoms with van der Waals surface area (Å²) >= 11 is 0. The Labute approximate surface area is 126 Å². The Morgan fingerprint density at radius 3 is 2.39 bits per heavy atom. The number of pyridine rings is 1. The summed E-state index contributed by atoms with van der Waals surface area (Å²) in [5.41, 5.74) is 1.02. The molecular formula is C14H9F6N3. The van der Waals surface area contributed by atoms with Crippen molar-refractivity contribution in [1.82, 2.24) is 10.4 Å². The van der Waals surface area contributed by atoms with Crippen LogP contribution in [0, 0.1) is 0 Å². The van der Waals surface area contributed by atoms with Crippen molar-refractivity contribution in [3.05, 3.63) is 53.3 Å². The minimum Gasteiger partial charge on any atom is -0.275 e. The second-order valence-electron chi connectivity index (χ2n) is 4.90. The second-order valence-corrected chi connectivity index (χ2v) is 4.90. The highest BCUT2D eigenvalue weighted by Crippen LogP contribution is 2.41. The molecular weight excluding hydrogens is 324 g/mol. The summed E-state index contributed by atoms with van der Waals surface area (Å²) in [5, 5.41) is 1.17. The lowest BCUT2D eigenvalue weighted by atomic mass is 10.1. The third-order valence-corrected chi connectivity index (χ3v) is 3.42. The van der Waals surface area contributed by atoms with Gasteiger partial charge in [0.1, 0.15) is 0 Å². The molecule has 0 aliphatic carbocycles. The molecule has 1 aliphatic heterocycles. The molecule has 1 aromatic carbocycles. The molecule has 0 fully saturated rings. The first-order chi connectivity index (χ1) is 10.7. The minimum atomic E-state index is -4.58. The van der Waals surface area contributed by atoms with E-state index in [2.05, 4.69) is 10.4 Å². The molecule has 0 unspecified atom stereocenters. The van der Waals surface area contributed by atoms with Crippen LogP contribution >= 0.6 is 0 Å². The van der Waals surface area contributed by atoms with E-state index >= 15 is 0 Å². The Balaban J connectivity index is 2.04. The summed E-state index contributed by atoms with van der Waals surface area (Å²) in [6.45, 7) is -0.138. The van der Waals surface area contributed by atoms with E-state index in [1.807, 2.05) is 0 Å². The third-order valence-electron chi connectivity index (χ3n) is 3.42. The van der Waals surface area contributed by atoms with E-state index in [-0.39, 0.29) is 23.5 Å². The summed E-state index contributed by atoms with van der Waals surface area (Å²) in [6.07, 6.45) is -7.31. The molecule has 0 saturated heterocycles. The molecule has 0 spiro atoms. The van der Waals surface area contributed by atoms with Crippen LogP contribution < -0.4 is 10.4 Å². The van der Waals surface area contributed by atoms with Crippen LogP contribution in [-0.2, 0) is 18.9 Å². The summed E-state index contributed by atoms with van der Waals surface area (Å²) in [5.74, 6) is 0. The third kappa shape index (κ3) is 2.83. The molecule has 3 nitrogen and oxygen atoms in total. The van der Waals surface area contributed by atoms with Gasteiger partial charge < -0.3 is 0 Å². The van der Waals surface area contributed by atoms with E-state index in [0.29, 0.717) is 6.20 Å². The second kappa shape index (κ2) is 5.12. The lowest BCUT2D eigenvalue weighted by Crippen LogP contribution is -2.27. The van der Waals surface area contributed by atoms with Crippen LogP contribution in [0.1, 0.15) is 16.7 Å². The number of halogens is 6. The highest BCUT2D eigenvalue weighted by atomic mass is 19.4. The van der Waals surface area contributed by atoms with Crippen LogP contribution in [0.2, 0.25) is 0 Å². The van der Waals surface area contributed by atoms with Crippen molar-refractivity contribution < 1.29 is 26.3 Å². The smallest absolute Gasteiger partial charge is 0.275 e. The molecule has 122 valence electrons. The fourth-order valence-corrected chi connectivity index (χ4v) is 2.41. The number of anilines is 2. The molecule has 3 rings (SSSR count). The van der Waals surface area contributed by atoms with Gasteiger partial charge in [-0.25, -0.2) is 5.43 Å². The number of nitrogens with zero attached hydrogens (tertiary/aromatic N) is 2. The van der Waals surface area contributed by atoms with Crippen LogP contribution in [0.15, 0.2) is 36.7 Å². The van der Waals surface area contributed by atoms with Crippen LogP contribution in [-0.4, -0.2) is 4.98 Å². The molecule has 2 aromatic rings. The number of benzene rings is 1. The van der Waals surface area contributed by atoms with Crippen LogP contribution in [0.25, 0.3) is 0 Å². The molecule has 0 saturated carbocycles. The SMILES string of the molecule is FC(F)(F)c1cncc(N2NCc3c2cccc3C(F)(F)F)c1. The van der Waals surface area contributed by atoms with Crippen molar-refractivity contribution in [2.24, 2.45) is 0 Å². The molecule has 9 heteroatoms. The summed E-state index contributed by atoms with van der Waals surface area (Å²) < 4.78 is 77.2. The normalized spacial score (nSPS) is 15.0. The Morgan fingerprint density at radius 1 is 1.00 bits per heavy atom. The number of hydrazine groups is 1. The Bertz CT molecular complexity index is 738. The predicted octanol–water partition coefficient (Wildman–Crippen LogP) is 4.28. The fourth-order valence-electron chi connectivity index (χ4n) is 2.41. The van der Waals surface area contributed by atoms with Crippen molar-refractivity contribution in [3.8, 4) is 0 Å². The Hall–Kier alpha value is -2.29. The number of fused-ring (bicyclic) bond motifs is 1. The van der Waals surface area contributed by atoms with E-state index in [1.165, 1.54) is 17.1 Å². The van der Waals surface area contributed by atoms with Gasteiger partial charge in [0.25, 0.3) is 0 Å².